The van der Waals surface area contributed by atoms with Crippen LogP contribution in [0.3, 0.4) is 0 Å². The lowest BCUT2D eigenvalue weighted by molar-refractivity contribution is -0.113. The molecule has 0 radical (unpaired) electrons. The van der Waals surface area contributed by atoms with Crippen molar-refractivity contribution in [1.82, 2.24) is 4.90 Å². The predicted molar refractivity (Wildman–Crippen MR) is 61.8 cm³/mol. The first-order valence-electron chi connectivity index (χ1n) is 6.13. The van der Waals surface area contributed by atoms with Gasteiger partial charge in [0.05, 0.1) is 0 Å². The van der Waals surface area contributed by atoms with Crippen molar-refractivity contribution in [3.05, 3.63) is 0 Å². The second-order valence-corrected chi connectivity index (χ2v) is 5.46. The zero-order valence-electron chi connectivity index (χ0n) is 10.2. The van der Waals surface area contributed by atoms with Crippen LogP contribution in [-0.4, -0.2) is 43.3 Å². The molecule has 1 saturated carbocycles. The summed E-state index contributed by atoms with van der Waals surface area (Å²) in [6, 6.07) is 1.69. The molecule has 0 aromatic heterocycles. The van der Waals surface area contributed by atoms with Crippen LogP contribution in [-0.2, 0) is 4.74 Å². The number of nitrogens with two attached hydrogens (primary N) is 1. The van der Waals surface area contributed by atoms with Crippen molar-refractivity contribution in [2.24, 2.45) is 11.1 Å². The van der Waals surface area contributed by atoms with Gasteiger partial charge in [-0.2, -0.15) is 0 Å². The van der Waals surface area contributed by atoms with Gasteiger partial charge in [0.25, 0.3) is 0 Å². The number of nitrogens with zero attached hydrogens (tertiary/aromatic N) is 1. The Hall–Kier alpha value is -0.120. The normalized spacial score (nSPS) is 34.8. The van der Waals surface area contributed by atoms with E-state index < -0.39 is 0 Å². The molecule has 2 fully saturated rings. The fourth-order valence-corrected chi connectivity index (χ4v) is 3.18. The summed E-state index contributed by atoms with van der Waals surface area (Å²) in [7, 11) is 2.23. The van der Waals surface area contributed by atoms with Crippen molar-refractivity contribution in [1.29, 1.82) is 0 Å². The number of rotatable bonds is 2. The highest BCUT2D eigenvalue weighted by Crippen LogP contribution is 2.50. The maximum Gasteiger partial charge on any atom is 0.0472 e. The number of hydrogen-bond acceptors (Lipinski definition) is 3. The molecule has 1 aliphatic heterocycles. The van der Waals surface area contributed by atoms with Crippen LogP contribution in [0.25, 0.3) is 0 Å². The maximum atomic E-state index is 6.23. The zero-order chi connectivity index (χ0) is 11.1. The van der Waals surface area contributed by atoms with Crippen LogP contribution in [0.2, 0.25) is 0 Å². The van der Waals surface area contributed by atoms with Gasteiger partial charge in [0, 0.05) is 36.8 Å². The summed E-state index contributed by atoms with van der Waals surface area (Å²) in [6.45, 7) is 6.32. The van der Waals surface area contributed by atoms with E-state index in [4.69, 9.17) is 10.5 Å². The first-order valence-corrected chi connectivity index (χ1v) is 6.13. The van der Waals surface area contributed by atoms with E-state index in [9.17, 15) is 0 Å². The molecule has 2 atom stereocenters. The van der Waals surface area contributed by atoms with Crippen LogP contribution in [0.4, 0.5) is 0 Å². The quantitative estimate of drug-likeness (QED) is 0.748. The lowest BCUT2D eigenvalue weighted by atomic mass is 9.56. The smallest absolute Gasteiger partial charge is 0.0472 e. The van der Waals surface area contributed by atoms with Gasteiger partial charge in [0.1, 0.15) is 0 Å². The zero-order valence-corrected chi connectivity index (χ0v) is 10.2. The van der Waals surface area contributed by atoms with Gasteiger partial charge in [-0.3, -0.25) is 0 Å². The van der Waals surface area contributed by atoms with Crippen LogP contribution in [0.15, 0.2) is 0 Å². The molecule has 2 rings (SSSR count). The fraction of sp³-hybridized carbons (Fsp3) is 1.00. The SMILES string of the molecule is CC(C)N(C)C1CC(N)C12CCOCC2. The lowest BCUT2D eigenvalue weighted by Crippen LogP contribution is -2.68. The van der Waals surface area contributed by atoms with Crippen molar-refractivity contribution < 1.29 is 4.74 Å². The third-order valence-electron chi connectivity index (χ3n) is 4.61. The highest BCUT2D eigenvalue weighted by molar-refractivity contribution is 5.10. The van der Waals surface area contributed by atoms with E-state index in [1.165, 1.54) is 0 Å². The first kappa shape index (κ1) is 11.4. The second-order valence-electron chi connectivity index (χ2n) is 5.46. The molecule has 0 bridgehead atoms. The van der Waals surface area contributed by atoms with Gasteiger partial charge in [-0.25, -0.2) is 0 Å². The molecule has 1 heterocycles. The molecule has 2 aliphatic rings. The van der Waals surface area contributed by atoms with Gasteiger partial charge in [-0.15, -0.1) is 0 Å². The summed E-state index contributed by atoms with van der Waals surface area (Å²) >= 11 is 0. The van der Waals surface area contributed by atoms with E-state index in [1.54, 1.807) is 0 Å². The highest BCUT2D eigenvalue weighted by atomic mass is 16.5. The monoisotopic (exact) mass is 212 g/mol. The summed E-state index contributed by atoms with van der Waals surface area (Å²) in [5.74, 6) is 0. The number of ether oxygens (including phenoxy) is 1. The van der Waals surface area contributed by atoms with E-state index in [-0.39, 0.29) is 0 Å². The Labute approximate surface area is 93.0 Å². The molecule has 1 aliphatic carbocycles. The van der Waals surface area contributed by atoms with Gasteiger partial charge in [0.15, 0.2) is 0 Å². The van der Waals surface area contributed by atoms with Crippen molar-refractivity contribution in [3.63, 3.8) is 0 Å². The Morgan fingerprint density at radius 1 is 1.33 bits per heavy atom. The third-order valence-corrected chi connectivity index (χ3v) is 4.61. The van der Waals surface area contributed by atoms with Crippen molar-refractivity contribution in [2.75, 3.05) is 20.3 Å². The van der Waals surface area contributed by atoms with Crippen LogP contribution >= 0.6 is 0 Å². The van der Waals surface area contributed by atoms with Gasteiger partial charge >= 0.3 is 0 Å². The molecule has 88 valence electrons. The molecule has 0 amide bonds. The first-order chi connectivity index (χ1) is 7.08. The highest BCUT2D eigenvalue weighted by Gasteiger charge is 2.55. The standard InChI is InChI=1S/C12H24N2O/c1-9(2)14(3)11-8-10(13)12(11)4-6-15-7-5-12/h9-11H,4-8,13H2,1-3H3. The van der Waals surface area contributed by atoms with Gasteiger partial charge in [-0.1, -0.05) is 0 Å². The Bertz CT molecular complexity index is 224. The van der Waals surface area contributed by atoms with Crippen LogP contribution in [0.1, 0.15) is 33.1 Å². The van der Waals surface area contributed by atoms with Crippen molar-refractivity contribution >= 4 is 0 Å². The summed E-state index contributed by atoms with van der Waals surface area (Å²) in [4.78, 5) is 2.49. The van der Waals surface area contributed by atoms with Gasteiger partial charge in [0.2, 0.25) is 0 Å². The van der Waals surface area contributed by atoms with E-state index in [0.29, 0.717) is 23.5 Å². The van der Waals surface area contributed by atoms with E-state index >= 15 is 0 Å². The Balaban J connectivity index is 2.07. The molecule has 1 saturated heterocycles. The molecule has 1 spiro atoms. The largest absolute Gasteiger partial charge is 0.381 e. The molecule has 2 N–H and O–H groups in total. The molecule has 3 heteroatoms. The molecular formula is C12H24N2O. The minimum atomic E-state index is 0.358. The summed E-state index contributed by atoms with van der Waals surface area (Å²) < 4.78 is 5.46. The molecule has 0 aromatic carbocycles. The topological polar surface area (TPSA) is 38.5 Å². The minimum absolute atomic E-state index is 0.358. The van der Waals surface area contributed by atoms with Crippen LogP contribution in [0, 0.1) is 5.41 Å². The molecule has 0 aromatic rings. The van der Waals surface area contributed by atoms with Gasteiger partial charge in [-0.05, 0) is 40.2 Å². The number of hydrogen-bond donors (Lipinski definition) is 1. The fourth-order valence-electron chi connectivity index (χ4n) is 3.18. The van der Waals surface area contributed by atoms with Crippen LogP contribution in [0.5, 0.6) is 0 Å². The van der Waals surface area contributed by atoms with Crippen molar-refractivity contribution in [2.45, 2.75) is 51.2 Å². The van der Waals surface area contributed by atoms with E-state index in [1.807, 2.05) is 0 Å². The molecular weight excluding hydrogens is 188 g/mol. The Morgan fingerprint density at radius 3 is 2.40 bits per heavy atom. The molecule has 3 nitrogen and oxygen atoms in total. The minimum Gasteiger partial charge on any atom is -0.381 e. The van der Waals surface area contributed by atoms with E-state index in [0.717, 1.165) is 32.5 Å². The van der Waals surface area contributed by atoms with Crippen LogP contribution < -0.4 is 5.73 Å². The summed E-state index contributed by atoms with van der Waals surface area (Å²) in [5.41, 5.74) is 6.59. The van der Waals surface area contributed by atoms with Gasteiger partial charge < -0.3 is 15.4 Å². The third kappa shape index (κ3) is 1.71. The molecule has 2 unspecified atom stereocenters. The molecule has 15 heavy (non-hydrogen) atoms. The Morgan fingerprint density at radius 2 is 1.93 bits per heavy atom. The average molecular weight is 212 g/mol. The lowest BCUT2D eigenvalue weighted by Gasteiger charge is -2.60. The van der Waals surface area contributed by atoms with E-state index in [2.05, 4.69) is 25.8 Å². The summed E-state index contributed by atoms with van der Waals surface area (Å²) in [6.07, 6.45) is 3.46. The predicted octanol–water partition coefficient (Wildman–Crippen LogP) is 1.22. The average Bonchev–Trinajstić information content (AvgIpc) is 2.26. The second kappa shape index (κ2) is 4.04. The Kier molecular flexibility index (Phi) is 3.06. The maximum absolute atomic E-state index is 6.23. The summed E-state index contributed by atoms with van der Waals surface area (Å²) in [5, 5.41) is 0. The van der Waals surface area contributed by atoms with Crippen molar-refractivity contribution in [3.8, 4) is 0 Å².